The first-order chi connectivity index (χ1) is 7.85. The number of nitrogens with one attached hydrogen (secondary N) is 1. The number of halogens is 2. The third-order valence-electron chi connectivity index (χ3n) is 2.60. The lowest BCUT2D eigenvalue weighted by atomic mass is 9.95. The van der Waals surface area contributed by atoms with Crippen molar-refractivity contribution < 1.29 is 0 Å². The molecule has 1 atom stereocenters. The fourth-order valence-electron chi connectivity index (χ4n) is 1.35. The van der Waals surface area contributed by atoms with Gasteiger partial charge in [-0.1, -0.05) is 29.3 Å². The molecule has 0 aliphatic heterocycles. The van der Waals surface area contributed by atoms with Crippen LogP contribution in [0.1, 0.15) is 32.4 Å². The van der Waals surface area contributed by atoms with Gasteiger partial charge in [0.15, 0.2) is 0 Å². The predicted octanol–water partition coefficient (Wildman–Crippen LogP) is 4.19. The minimum Gasteiger partial charge on any atom is -0.309 e. The standard InChI is InChI=1S/C13H16Cl2N2/c1-9(17-8-13(2,3)7-16)10-4-5-11(14)12(15)6-10/h4-6,9,17H,8H2,1-3H3. The van der Waals surface area contributed by atoms with E-state index in [4.69, 9.17) is 28.5 Å². The topological polar surface area (TPSA) is 35.8 Å². The SMILES string of the molecule is CC(NCC(C)(C)C#N)c1ccc(Cl)c(Cl)c1. The third kappa shape index (κ3) is 4.20. The van der Waals surface area contributed by atoms with Gasteiger partial charge in [-0.05, 0) is 38.5 Å². The zero-order valence-electron chi connectivity index (χ0n) is 10.2. The largest absolute Gasteiger partial charge is 0.309 e. The Morgan fingerprint density at radius 2 is 2.00 bits per heavy atom. The van der Waals surface area contributed by atoms with E-state index in [1.807, 2.05) is 32.9 Å². The van der Waals surface area contributed by atoms with Gasteiger partial charge in [0.05, 0.1) is 21.5 Å². The van der Waals surface area contributed by atoms with Gasteiger partial charge in [0.1, 0.15) is 0 Å². The molecule has 0 heterocycles. The molecule has 17 heavy (non-hydrogen) atoms. The quantitative estimate of drug-likeness (QED) is 0.891. The summed E-state index contributed by atoms with van der Waals surface area (Å²) >= 11 is 11.8. The van der Waals surface area contributed by atoms with E-state index in [2.05, 4.69) is 11.4 Å². The molecular weight excluding hydrogens is 255 g/mol. The monoisotopic (exact) mass is 270 g/mol. The Labute approximate surface area is 113 Å². The highest BCUT2D eigenvalue weighted by Gasteiger charge is 2.18. The zero-order chi connectivity index (χ0) is 13.1. The van der Waals surface area contributed by atoms with Crippen molar-refractivity contribution in [2.24, 2.45) is 5.41 Å². The van der Waals surface area contributed by atoms with E-state index < -0.39 is 0 Å². The Morgan fingerprint density at radius 3 is 2.53 bits per heavy atom. The minimum absolute atomic E-state index is 0.136. The summed E-state index contributed by atoms with van der Waals surface area (Å²) in [6.45, 7) is 6.47. The first-order valence-corrected chi connectivity index (χ1v) is 6.21. The molecule has 0 fully saturated rings. The minimum atomic E-state index is -0.371. The summed E-state index contributed by atoms with van der Waals surface area (Å²) in [4.78, 5) is 0. The van der Waals surface area contributed by atoms with E-state index in [0.29, 0.717) is 16.6 Å². The molecule has 1 rings (SSSR count). The Morgan fingerprint density at radius 1 is 1.35 bits per heavy atom. The summed E-state index contributed by atoms with van der Waals surface area (Å²) in [6, 6.07) is 7.96. The van der Waals surface area contributed by atoms with E-state index in [0.717, 1.165) is 5.56 Å². The molecular formula is C13H16Cl2N2. The number of nitrogens with zero attached hydrogens (tertiary/aromatic N) is 1. The van der Waals surface area contributed by atoms with Crippen molar-refractivity contribution in [2.45, 2.75) is 26.8 Å². The van der Waals surface area contributed by atoms with Gasteiger partial charge in [0.25, 0.3) is 0 Å². The summed E-state index contributed by atoms with van der Waals surface area (Å²) < 4.78 is 0. The highest BCUT2D eigenvalue weighted by Crippen LogP contribution is 2.26. The second-order valence-electron chi connectivity index (χ2n) is 4.77. The molecule has 0 radical (unpaired) electrons. The van der Waals surface area contributed by atoms with Crippen molar-refractivity contribution >= 4 is 23.2 Å². The lowest BCUT2D eigenvalue weighted by molar-refractivity contribution is 0.415. The number of hydrogen-bond donors (Lipinski definition) is 1. The molecule has 0 aromatic heterocycles. The third-order valence-corrected chi connectivity index (χ3v) is 3.34. The molecule has 2 nitrogen and oxygen atoms in total. The van der Waals surface area contributed by atoms with Gasteiger partial charge in [0.2, 0.25) is 0 Å². The van der Waals surface area contributed by atoms with Gasteiger partial charge in [-0.15, -0.1) is 0 Å². The molecule has 4 heteroatoms. The molecule has 1 aromatic rings. The Bertz CT molecular complexity index is 436. The normalized spacial score (nSPS) is 13.2. The van der Waals surface area contributed by atoms with Crippen molar-refractivity contribution in [1.29, 1.82) is 5.26 Å². The molecule has 0 aliphatic carbocycles. The highest BCUT2D eigenvalue weighted by molar-refractivity contribution is 6.42. The van der Waals surface area contributed by atoms with Gasteiger partial charge in [0, 0.05) is 12.6 Å². The maximum absolute atomic E-state index is 8.93. The summed E-state index contributed by atoms with van der Waals surface area (Å²) in [5, 5.41) is 13.4. The number of hydrogen-bond acceptors (Lipinski definition) is 2. The number of benzene rings is 1. The average Bonchev–Trinajstić information content (AvgIpc) is 2.30. The van der Waals surface area contributed by atoms with E-state index in [1.165, 1.54) is 0 Å². The van der Waals surface area contributed by atoms with Gasteiger partial charge < -0.3 is 5.32 Å². The zero-order valence-corrected chi connectivity index (χ0v) is 11.7. The fraction of sp³-hybridized carbons (Fsp3) is 0.462. The van der Waals surface area contributed by atoms with E-state index in [9.17, 15) is 0 Å². The summed E-state index contributed by atoms with van der Waals surface area (Å²) in [6.07, 6.45) is 0. The van der Waals surface area contributed by atoms with Crippen molar-refractivity contribution in [2.75, 3.05) is 6.54 Å². The molecule has 0 amide bonds. The highest BCUT2D eigenvalue weighted by atomic mass is 35.5. The molecule has 1 aromatic carbocycles. The Kier molecular flexibility index (Phi) is 4.82. The van der Waals surface area contributed by atoms with Crippen LogP contribution in [0, 0.1) is 16.7 Å². The first-order valence-electron chi connectivity index (χ1n) is 5.45. The van der Waals surface area contributed by atoms with E-state index >= 15 is 0 Å². The molecule has 0 bridgehead atoms. The van der Waals surface area contributed by atoms with Crippen LogP contribution in [0.15, 0.2) is 18.2 Å². The van der Waals surface area contributed by atoms with Crippen LogP contribution in [0.5, 0.6) is 0 Å². The Hall–Kier alpha value is -0.750. The summed E-state index contributed by atoms with van der Waals surface area (Å²) in [7, 11) is 0. The number of nitriles is 1. The Balaban J connectivity index is 2.68. The lowest BCUT2D eigenvalue weighted by Crippen LogP contribution is -2.30. The van der Waals surface area contributed by atoms with Gasteiger partial charge in [-0.25, -0.2) is 0 Å². The lowest BCUT2D eigenvalue weighted by Gasteiger charge is -2.21. The summed E-state index contributed by atoms with van der Waals surface area (Å²) in [5.41, 5.74) is 0.693. The van der Waals surface area contributed by atoms with Crippen molar-refractivity contribution in [1.82, 2.24) is 5.32 Å². The number of rotatable bonds is 4. The van der Waals surface area contributed by atoms with E-state index in [-0.39, 0.29) is 11.5 Å². The van der Waals surface area contributed by atoms with Crippen LogP contribution in [0.3, 0.4) is 0 Å². The first kappa shape index (κ1) is 14.3. The van der Waals surface area contributed by atoms with Crippen LogP contribution < -0.4 is 5.32 Å². The average molecular weight is 271 g/mol. The molecule has 0 spiro atoms. The van der Waals surface area contributed by atoms with Crippen LogP contribution in [-0.2, 0) is 0 Å². The molecule has 92 valence electrons. The summed E-state index contributed by atoms with van der Waals surface area (Å²) in [5.74, 6) is 0. The second-order valence-corrected chi connectivity index (χ2v) is 5.59. The van der Waals surface area contributed by atoms with Gasteiger partial charge in [-0.3, -0.25) is 0 Å². The fourth-order valence-corrected chi connectivity index (χ4v) is 1.65. The molecule has 1 N–H and O–H groups in total. The maximum atomic E-state index is 8.93. The van der Waals surface area contributed by atoms with E-state index in [1.54, 1.807) is 6.07 Å². The van der Waals surface area contributed by atoms with Crippen LogP contribution in [0.4, 0.5) is 0 Å². The smallest absolute Gasteiger partial charge is 0.0697 e. The van der Waals surface area contributed by atoms with Gasteiger partial charge >= 0.3 is 0 Å². The van der Waals surface area contributed by atoms with Crippen LogP contribution in [-0.4, -0.2) is 6.54 Å². The van der Waals surface area contributed by atoms with Crippen LogP contribution in [0.2, 0.25) is 10.0 Å². The molecule has 0 aliphatic rings. The van der Waals surface area contributed by atoms with Crippen molar-refractivity contribution in [3.63, 3.8) is 0 Å². The van der Waals surface area contributed by atoms with Crippen molar-refractivity contribution in [3.8, 4) is 6.07 Å². The molecule has 0 saturated carbocycles. The van der Waals surface area contributed by atoms with Crippen molar-refractivity contribution in [3.05, 3.63) is 33.8 Å². The van der Waals surface area contributed by atoms with Gasteiger partial charge in [-0.2, -0.15) is 5.26 Å². The van der Waals surface area contributed by atoms with Crippen LogP contribution >= 0.6 is 23.2 Å². The second kappa shape index (κ2) is 5.73. The van der Waals surface area contributed by atoms with Crippen LogP contribution in [0.25, 0.3) is 0 Å². The maximum Gasteiger partial charge on any atom is 0.0697 e. The predicted molar refractivity (Wildman–Crippen MR) is 72.3 cm³/mol. The molecule has 1 unspecified atom stereocenters. The molecule has 0 saturated heterocycles.